The van der Waals surface area contributed by atoms with E-state index in [-0.39, 0.29) is 11.6 Å². The number of anilines is 1. The third kappa shape index (κ3) is 4.03. The van der Waals surface area contributed by atoms with E-state index in [0.29, 0.717) is 11.3 Å². The summed E-state index contributed by atoms with van der Waals surface area (Å²) in [6.07, 6.45) is -1.79. The highest BCUT2D eigenvalue weighted by molar-refractivity contribution is 7.16. The van der Waals surface area contributed by atoms with Gasteiger partial charge in [0.15, 0.2) is 0 Å². The summed E-state index contributed by atoms with van der Waals surface area (Å²) in [5.74, 6) is -0.386. The van der Waals surface area contributed by atoms with Gasteiger partial charge in [0.05, 0.1) is 15.7 Å². The summed E-state index contributed by atoms with van der Waals surface area (Å²) in [5.41, 5.74) is 2.88. The summed E-state index contributed by atoms with van der Waals surface area (Å²) in [5, 5.41) is 2.70. The van der Waals surface area contributed by atoms with Crippen molar-refractivity contribution < 1.29 is 18.0 Å². The fourth-order valence-electron chi connectivity index (χ4n) is 2.19. The van der Waals surface area contributed by atoms with Gasteiger partial charge in [0, 0.05) is 17.5 Å². The van der Waals surface area contributed by atoms with Crippen molar-refractivity contribution in [2.75, 3.05) is 5.32 Å². The first kappa shape index (κ1) is 17.1. The normalized spacial score (nSPS) is 12.0. The molecular formula is C17H12F3N3OS. The van der Waals surface area contributed by atoms with Gasteiger partial charge in [-0.15, -0.1) is 11.3 Å². The van der Waals surface area contributed by atoms with Crippen molar-refractivity contribution in [2.45, 2.75) is 13.1 Å². The van der Waals surface area contributed by atoms with Crippen molar-refractivity contribution in [1.82, 2.24) is 9.97 Å². The van der Waals surface area contributed by atoms with Crippen molar-refractivity contribution >= 4 is 39.2 Å². The Labute approximate surface area is 145 Å². The van der Waals surface area contributed by atoms with Gasteiger partial charge in [0.25, 0.3) is 0 Å². The maximum atomic E-state index is 12.6. The first-order valence-corrected chi connectivity index (χ1v) is 8.08. The SMILES string of the molecule is Cc1nc(C(F)(F)F)ccc1/C=C/C(=O)Nc1ccc2ncsc2c1. The molecule has 0 aliphatic carbocycles. The molecular weight excluding hydrogens is 351 g/mol. The number of rotatable bonds is 3. The molecule has 0 spiro atoms. The van der Waals surface area contributed by atoms with Crippen LogP contribution < -0.4 is 5.32 Å². The minimum absolute atomic E-state index is 0.199. The number of thiazole rings is 1. The van der Waals surface area contributed by atoms with Crippen molar-refractivity contribution in [3.05, 3.63) is 58.9 Å². The van der Waals surface area contributed by atoms with Crippen LogP contribution in [-0.4, -0.2) is 15.9 Å². The molecule has 0 fully saturated rings. The molecule has 0 bridgehead atoms. The topological polar surface area (TPSA) is 54.9 Å². The van der Waals surface area contributed by atoms with Gasteiger partial charge in [-0.2, -0.15) is 13.2 Å². The van der Waals surface area contributed by atoms with Gasteiger partial charge < -0.3 is 5.32 Å². The van der Waals surface area contributed by atoms with Crippen molar-refractivity contribution in [3.63, 3.8) is 0 Å². The number of halogens is 3. The highest BCUT2D eigenvalue weighted by Gasteiger charge is 2.32. The van der Waals surface area contributed by atoms with Crippen LogP contribution in [0, 0.1) is 6.92 Å². The Morgan fingerprint density at radius 2 is 2.04 bits per heavy atom. The van der Waals surface area contributed by atoms with E-state index in [1.54, 1.807) is 17.6 Å². The minimum atomic E-state index is -4.49. The summed E-state index contributed by atoms with van der Waals surface area (Å²) >= 11 is 1.46. The lowest BCUT2D eigenvalue weighted by molar-refractivity contribution is -0.141. The number of hydrogen-bond acceptors (Lipinski definition) is 4. The van der Waals surface area contributed by atoms with Crippen molar-refractivity contribution in [1.29, 1.82) is 0 Å². The number of pyridine rings is 1. The van der Waals surface area contributed by atoms with Crippen LogP contribution in [0.5, 0.6) is 0 Å². The lowest BCUT2D eigenvalue weighted by atomic mass is 10.1. The largest absolute Gasteiger partial charge is 0.433 e. The molecule has 0 atom stereocenters. The Balaban J connectivity index is 1.71. The lowest BCUT2D eigenvalue weighted by Gasteiger charge is -2.07. The highest BCUT2D eigenvalue weighted by Crippen LogP contribution is 2.28. The maximum Gasteiger partial charge on any atom is 0.433 e. The van der Waals surface area contributed by atoms with E-state index in [2.05, 4.69) is 15.3 Å². The fourth-order valence-corrected chi connectivity index (χ4v) is 2.90. The van der Waals surface area contributed by atoms with Gasteiger partial charge in [-0.25, -0.2) is 9.97 Å². The van der Waals surface area contributed by atoms with Gasteiger partial charge in [-0.05, 0) is 42.8 Å². The second kappa shape index (κ2) is 6.64. The van der Waals surface area contributed by atoms with E-state index in [9.17, 15) is 18.0 Å². The first-order chi connectivity index (χ1) is 11.8. The second-order valence-electron chi connectivity index (χ2n) is 5.23. The molecule has 0 saturated heterocycles. The number of nitrogens with zero attached hydrogens (tertiary/aromatic N) is 2. The number of aryl methyl sites for hydroxylation is 1. The molecule has 0 aliphatic heterocycles. The summed E-state index contributed by atoms with van der Waals surface area (Å²) < 4.78 is 38.7. The number of fused-ring (bicyclic) bond motifs is 1. The van der Waals surface area contributed by atoms with E-state index < -0.39 is 11.9 Å². The van der Waals surface area contributed by atoms with Gasteiger partial charge >= 0.3 is 6.18 Å². The molecule has 0 unspecified atom stereocenters. The Bertz CT molecular complexity index is 963. The summed E-state index contributed by atoms with van der Waals surface area (Å²) in [7, 11) is 0. The van der Waals surface area contributed by atoms with Crippen molar-refractivity contribution in [2.24, 2.45) is 0 Å². The molecule has 0 radical (unpaired) electrons. The molecule has 3 aromatic rings. The average molecular weight is 363 g/mol. The Kier molecular flexibility index (Phi) is 4.54. The molecule has 2 heterocycles. The molecule has 0 aliphatic rings. The monoisotopic (exact) mass is 363 g/mol. The first-order valence-electron chi connectivity index (χ1n) is 7.20. The average Bonchev–Trinajstić information content (AvgIpc) is 3.00. The molecule has 1 amide bonds. The standard InChI is InChI=1S/C17H12F3N3OS/c1-10-11(2-6-15(22-10)17(18,19)20)3-7-16(24)23-12-4-5-13-14(8-12)25-9-21-13/h2-9H,1H3,(H,23,24)/b7-3+. The molecule has 0 saturated carbocycles. The van der Waals surface area contributed by atoms with Crippen LogP contribution in [0.1, 0.15) is 17.0 Å². The zero-order valence-corrected chi connectivity index (χ0v) is 13.8. The van der Waals surface area contributed by atoms with Crippen LogP contribution in [0.2, 0.25) is 0 Å². The van der Waals surface area contributed by atoms with Gasteiger partial charge in [-0.3, -0.25) is 4.79 Å². The number of benzene rings is 1. The number of amides is 1. The number of carbonyl (C=O) groups is 1. The number of hydrogen-bond donors (Lipinski definition) is 1. The number of nitrogens with one attached hydrogen (secondary N) is 1. The predicted molar refractivity (Wildman–Crippen MR) is 91.3 cm³/mol. The third-order valence-electron chi connectivity index (χ3n) is 3.43. The van der Waals surface area contributed by atoms with Gasteiger partial charge in [0.2, 0.25) is 5.91 Å². The van der Waals surface area contributed by atoms with Crippen LogP contribution in [0.25, 0.3) is 16.3 Å². The number of alkyl halides is 3. The van der Waals surface area contributed by atoms with Crippen molar-refractivity contribution in [3.8, 4) is 0 Å². The van der Waals surface area contributed by atoms with E-state index in [0.717, 1.165) is 16.3 Å². The number of aromatic nitrogens is 2. The summed E-state index contributed by atoms with van der Waals surface area (Å²) in [4.78, 5) is 19.7. The molecule has 8 heteroatoms. The van der Waals surface area contributed by atoms with Crippen LogP contribution in [0.4, 0.5) is 18.9 Å². The van der Waals surface area contributed by atoms with Crippen LogP contribution in [0.15, 0.2) is 41.9 Å². The highest BCUT2D eigenvalue weighted by atomic mass is 32.1. The van der Waals surface area contributed by atoms with Crippen LogP contribution in [0.3, 0.4) is 0 Å². The van der Waals surface area contributed by atoms with Gasteiger partial charge in [-0.1, -0.05) is 6.07 Å². The summed E-state index contributed by atoms with van der Waals surface area (Å²) in [6.45, 7) is 1.46. The Morgan fingerprint density at radius 3 is 2.76 bits per heavy atom. The molecule has 2 aromatic heterocycles. The van der Waals surface area contributed by atoms with Gasteiger partial charge in [0.1, 0.15) is 5.69 Å². The Hall–Kier alpha value is -2.74. The molecule has 25 heavy (non-hydrogen) atoms. The van der Waals surface area contributed by atoms with E-state index in [1.807, 2.05) is 6.07 Å². The zero-order chi connectivity index (χ0) is 18.0. The second-order valence-corrected chi connectivity index (χ2v) is 6.11. The Morgan fingerprint density at radius 1 is 1.24 bits per heavy atom. The van der Waals surface area contributed by atoms with Crippen LogP contribution >= 0.6 is 11.3 Å². The molecule has 128 valence electrons. The van der Waals surface area contributed by atoms with E-state index >= 15 is 0 Å². The molecule has 4 nitrogen and oxygen atoms in total. The summed E-state index contributed by atoms with van der Waals surface area (Å²) in [6, 6.07) is 7.53. The quantitative estimate of drug-likeness (QED) is 0.688. The smallest absolute Gasteiger partial charge is 0.322 e. The number of carbonyl (C=O) groups excluding carboxylic acids is 1. The molecule has 3 rings (SSSR count). The van der Waals surface area contributed by atoms with E-state index in [4.69, 9.17) is 0 Å². The minimum Gasteiger partial charge on any atom is -0.322 e. The molecule has 1 N–H and O–H groups in total. The van der Waals surface area contributed by atoms with E-state index in [1.165, 1.54) is 36.5 Å². The maximum absolute atomic E-state index is 12.6. The van der Waals surface area contributed by atoms with Crippen LogP contribution in [-0.2, 0) is 11.0 Å². The predicted octanol–water partition coefficient (Wildman–Crippen LogP) is 4.67. The third-order valence-corrected chi connectivity index (χ3v) is 4.22. The fraction of sp³-hybridized carbons (Fsp3) is 0.118. The lowest BCUT2D eigenvalue weighted by Crippen LogP contribution is -2.09. The zero-order valence-electron chi connectivity index (χ0n) is 13.0. The molecule has 1 aromatic carbocycles.